The second-order valence-corrected chi connectivity index (χ2v) is 7.02. The zero-order valence-electron chi connectivity index (χ0n) is 16.1. The van der Waals surface area contributed by atoms with Gasteiger partial charge in [-0.25, -0.2) is 0 Å². The van der Waals surface area contributed by atoms with Crippen LogP contribution in [0.4, 0.5) is 0 Å². The highest BCUT2D eigenvalue weighted by Gasteiger charge is 2.12. The summed E-state index contributed by atoms with van der Waals surface area (Å²) in [4.78, 5) is 25.1. The zero-order valence-corrected chi connectivity index (χ0v) is 16.8. The number of carbonyl (C=O) groups excluding carboxylic acids is 1. The number of Topliss-reactive ketones (excluding diaryl/α,β-unsaturated/α-hetero) is 1. The summed E-state index contributed by atoms with van der Waals surface area (Å²) in [5.74, 6) is 0.944. The van der Waals surface area contributed by atoms with Gasteiger partial charge < -0.3 is 13.9 Å². The largest absolute Gasteiger partial charge is 0.497 e. The minimum absolute atomic E-state index is 0.134. The van der Waals surface area contributed by atoms with Crippen LogP contribution in [0.1, 0.15) is 10.4 Å². The molecule has 5 nitrogen and oxygen atoms in total. The molecule has 1 aromatic heterocycles. The van der Waals surface area contributed by atoms with E-state index in [4.69, 9.17) is 25.5 Å². The minimum Gasteiger partial charge on any atom is -0.497 e. The second kappa shape index (κ2) is 8.43. The SMILES string of the molecule is COc1ccc(C(=O)COc2ccc3c(=O)c(-c4ccc(Cl)cc4)coc3c2)cc1. The predicted octanol–water partition coefficient (Wildman–Crippen LogP) is 5.38. The van der Waals surface area contributed by atoms with Crippen LogP contribution < -0.4 is 14.9 Å². The summed E-state index contributed by atoms with van der Waals surface area (Å²) in [5, 5.41) is 1.02. The van der Waals surface area contributed by atoms with Gasteiger partial charge in [-0.05, 0) is 54.1 Å². The summed E-state index contributed by atoms with van der Waals surface area (Å²) in [5.41, 5.74) is 1.92. The molecule has 0 fully saturated rings. The molecule has 6 heteroatoms. The predicted molar refractivity (Wildman–Crippen MR) is 116 cm³/mol. The van der Waals surface area contributed by atoms with Crippen molar-refractivity contribution in [3.63, 3.8) is 0 Å². The zero-order chi connectivity index (χ0) is 21.1. The van der Waals surface area contributed by atoms with E-state index >= 15 is 0 Å². The molecule has 0 N–H and O–H groups in total. The Morgan fingerprint density at radius 2 is 1.67 bits per heavy atom. The normalized spacial score (nSPS) is 10.7. The Labute approximate surface area is 177 Å². The molecular formula is C24H17ClO5. The van der Waals surface area contributed by atoms with E-state index < -0.39 is 0 Å². The van der Waals surface area contributed by atoms with E-state index in [0.717, 1.165) is 5.56 Å². The minimum atomic E-state index is -0.169. The molecule has 1 heterocycles. The van der Waals surface area contributed by atoms with Crippen LogP contribution in [0, 0.1) is 0 Å². The number of hydrogen-bond acceptors (Lipinski definition) is 5. The maximum absolute atomic E-state index is 12.8. The van der Waals surface area contributed by atoms with Gasteiger partial charge in [-0.15, -0.1) is 0 Å². The van der Waals surface area contributed by atoms with Gasteiger partial charge in [0.1, 0.15) is 23.3 Å². The van der Waals surface area contributed by atoms with Crippen molar-refractivity contribution in [1.82, 2.24) is 0 Å². The Kier molecular flexibility index (Phi) is 5.55. The second-order valence-electron chi connectivity index (χ2n) is 6.58. The van der Waals surface area contributed by atoms with Gasteiger partial charge in [0.2, 0.25) is 0 Å². The fourth-order valence-corrected chi connectivity index (χ4v) is 3.16. The van der Waals surface area contributed by atoms with Gasteiger partial charge in [-0.3, -0.25) is 9.59 Å². The molecule has 0 saturated carbocycles. The summed E-state index contributed by atoms with van der Waals surface area (Å²) in [7, 11) is 1.57. The van der Waals surface area contributed by atoms with Gasteiger partial charge in [0.05, 0.1) is 18.1 Å². The fraction of sp³-hybridized carbons (Fsp3) is 0.0833. The van der Waals surface area contributed by atoms with Crippen molar-refractivity contribution in [2.45, 2.75) is 0 Å². The van der Waals surface area contributed by atoms with Crippen molar-refractivity contribution in [3.8, 4) is 22.6 Å². The van der Waals surface area contributed by atoms with Crippen LogP contribution >= 0.6 is 11.6 Å². The van der Waals surface area contributed by atoms with Crippen molar-refractivity contribution in [3.05, 3.63) is 93.8 Å². The number of methoxy groups -OCH3 is 1. The molecule has 0 aliphatic rings. The van der Waals surface area contributed by atoms with E-state index in [9.17, 15) is 9.59 Å². The molecule has 0 saturated heterocycles. The number of fused-ring (bicyclic) bond motifs is 1. The number of ketones is 1. The summed E-state index contributed by atoms with van der Waals surface area (Å²) in [6, 6.07) is 18.7. The topological polar surface area (TPSA) is 65.7 Å². The number of rotatable bonds is 6. The summed E-state index contributed by atoms with van der Waals surface area (Å²) in [6.07, 6.45) is 1.42. The molecule has 0 unspecified atom stereocenters. The fourth-order valence-electron chi connectivity index (χ4n) is 3.04. The molecule has 0 spiro atoms. The lowest BCUT2D eigenvalue weighted by Gasteiger charge is -2.08. The van der Waals surface area contributed by atoms with E-state index in [1.807, 2.05) is 0 Å². The lowest BCUT2D eigenvalue weighted by atomic mass is 10.1. The molecule has 0 bridgehead atoms. The van der Waals surface area contributed by atoms with Crippen LogP contribution in [0.25, 0.3) is 22.1 Å². The number of halogens is 1. The van der Waals surface area contributed by atoms with Crippen molar-refractivity contribution >= 4 is 28.4 Å². The van der Waals surface area contributed by atoms with Gasteiger partial charge >= 0.3 is 0 Å². The van der Waals surface area contributed by atoms with Crippen molar-refractivity contribution in [1.29, 1.82) is 0 Å². The summed E-state index contributed by atoms with van der Waals surface area (Å²) < 4.78 is 16.3. The van der Waals surface area contributed by atoms with Crippen molar-refractivity contribution in [2.75, 3.05) is 13.7 Å². The van der Waals surface area contributed by atoms with Gasteiger partial charge in [0.25, 0.3) is 0 Å². The van der Waals surface area contributed by atoms with Gasteiger partial charge in [-0.1, -0.05) is 23.7 Å². The highest BCUT2D eigenvalue weighted by Crippen LogP contribution is 2.24. The first-order chi connectivity index (χ1) is 14.5. The average molecular weight is 421 g/mol. The summed E-state index contributed by atoms with van der Waals surface area (Å²) in [6.45, 7) is -0.134. The van der Waals surface area contributed by atoms with Crippen LogP contribution in [0.15, 0.2) is 82.2 Å². The molecular weight excluding hydrogens is 404 g/mol. The number of ether oxygens (including phenoxy) is 2. The standard InChI is InChI=1S/C24H17ClO5/c1-28-18-8-4-16(5-9-18)22(26)14-29-19-10-11-20-23(12-19)30-13-21(24(20)27)15-2-6-17(25)7-3-15/h2-13H,14H2,1H3. The van der Waals surface area contributed by atoms with Crippen molar-refractivity contribution < 1.29 is 18.7 Å². The Morgan fingerprint density at radius 1 is 0.967 bits per heavy atom. The molecule has 4 rings (SSSR count). The van der Waals surface area contributed by atoms with Gasteiger partial charge in [-0.2, -0.15) is 0 Å². The molecule has 4 aromatic rings. The van der Waals surface area contributed by atoms with Crippen LogP contribution in [-0.4, -0.2) is 19.5 Å². The lowest BCUT2D eigenvalue weighted by Crippen LogP contribution is -2.11. The van der Waals surface area contributed by atoms with Crippen LogP contribution in [0.2, 0.25) is 5.02 Å². The Bertz CT molecular complexity index is 1260. The van der Waals surface area contributed by atoms with E-state index in [2.05, 4.69) is 0 Å². The monoisotopic (exact) mass is 420 g/mol. The van der Waals surface area contributed by atoms with E-state index in [1.54, 1.807) is 73.8 Å². The Morgan fingerprint density at radius 3 is 2.37 bits per heavy atom. The maximum Gasteiger partial charge on any atom is 0.200 e. The highest BCUT2D eigenvalue weighted by molar-refractivity contribution is 6.30. The maximum atomic E-state index is 12.8. The van der Waals surface area contributed by atoms with E-state index in [-0.39, 0.29) is 17.8 Å². The summed E-state index contributed by atoms with van der Waals surface area (Å²) >= 11 is 5.91. The molecule has 0 atom stereocenters. The first-order valence-electron chi connectivity index (χ1n) is 9.17. The van der Waals surface area contributed by atoms with Crippen molar-refractivity contribution in [2.24, 2.45) is 0 Å². The molecule has 0 radical (unpaired) electrons. The number of benzene rings is 3. The van der Waals surface area contributed by atoms with Gasteiger partial charge in [0.15, 0.2) is 17.8 Å². The Hall–Kier alpha value is -3.57. The van der Waals surface area contributed by atoms with E-state index in [1.165, 1.54) is 6.26 Å². The average Bonchev–Trinajstić information content (AvgIpc) is 2.78. The molecule has 3 aromatic carbocycles. The lowest BCUT2D eigenvalue weighted by molar-refractivity contribution is 0.0921. The molecule has 0 aliphatic heterocycles. The smallest absolute Gasteiger partial charge is 0.200 e. The Balaban J connectivity index is 1.53. The first kappa shape index (κ1) is 19.7. The molecule has 0 aliphatic carbocycles. The third kappa shape index (κ3) is 4.07. The molecule has 0 amide bonds. The third-order valence-corrected chi connectivity index (χ3v) is 4.94. The highest BCUT2D eigenvalue weighted by atomic mass is 35.5. The van der Waals surface area contributed by atoms with Crippen LogP contribution in [0.3, 0.4) is 0 Å². The van der Waals surface area contributed by atoms with Crippen LogP contribution in [-0.2, 0) is 0 Å². The van der Waals surface area contributed by atoms with Crippen LogP contribution in [0.5, 0.6) is 11.5 Å². The first-order valence-corrected chi connectivity index (χ1v) is 9.54. The molecule has 30 heavy (non-hydrogen) atoms. The van der Waals surface area contributed by atoms with Gasteiger partial charge in [0, 0.05) is 16.7 Å². The number of hydrogen-bond donors (Lipinski definition) is 0. The number of carbonyl (C=O) groups is 1. The third-order valence-electron chi connectivity index (χ3n) is 4.68. The molecule has 150 valence electrons. The quantitative estimate of drug-likeness (QED) is 0.391. The van der Waals surface area contributed by atoms with E-state index in [0.29, 0.717) is 38.6 Å².